The number of fused-ring (bicyclic) bond motifs is 1. The van der Waals surface area contributed by atoms with Crippen molar-refractivity contribution in [3.05, 3.63) is 64.6 Å². The Morgan fingerprint density at radius 2 is 1.92 bits per heavy atom. The number of nitrogens with zero attached hydrogens (tertiary/aromatic N) is 1. The molecule has 7 heteroatoms. The highest BCUT2D eigenvalue weighted by Crippen LogP contribution is 2.22. The van der Waals surface area contributed by atoms with Gasteiger partial charge in [0.15, 0.2) is 6.61 Å². The van der Waals surface area contributed by atoms with E-state index in [9.17, 15) is 9.59 Å². The monoisotopic (exact) mass is 372 g/mol. The highest BCUT2D eigenvalue weighted by atomic mass is 35.5. The third kappa shape index (κ3) is 4.89. The standard InChI is InChI=1S/C18H13ClN2O3S/c19-12-5-7-13(8-6-12)20-16(22)11-24-18(23)10-9-17-21-14-3-1-2-4-15(14)25-17/h1-10H,11H2,(H,20,22)/b10-9+. The normalized spacial score (nSPS) is 10.9. The van der Waals surface area contributed by atoms with E-state index in [-0.39, 0.29) is 6.61 Å². The zero-order chi connectivity index (χ0) is 17.6. The van der Waals surface area contributed by atoms with E-state index < -0.39 is 11.9 Å². The molecule has 3 rings (SSSR count). The van der Waals surface area contributed by atoms with Crippen LogP contribution in [0.2, 0.25) is 5.02 Å². The first-order valence-electron chi connectivity index (χ1n) is 7.36. The molecule has 0 aliphatic heterocycles. The van der Waals surface area contributed by atoms with Crippen molar-refractivity contribution in [3.8, 4) is 0 Å². The van der Waals surface area contributed by atoms with Gasteiger partial charge in [0.2, 0.25) is 0 Å². The zero-order valence-electron chi connectivity index (χ0n) is 12.9. The van der Waals surface area contributed by atoms with Gasteiger partial charge in [-0.3, -0.25) is 4.79 Å². The van der Waals surface area contributed by atoms with Crippen molar-refractivity contribution in [2.75, 3.05) is 11.9 Å². The van der Waals surface area contributed by atoms with E-state index in [4.69, 9.17) is 16.3 Å². The number of amides is 1. The Morgan fingerprint density at radius 1 is 1.16 bits per heavy atom. The van der Waals surface area contributed by atoms with Gasteiger partial charge in [-0.15, -0.1) is 11.3 Å². The highest BCUT2D eigenvalue weighted by molar-refractivity contribution is 7.19. The third-order valence-corrected chi connectivity index (χ3v) is 4.40. The van der Waals surface area contributed by atoms with Crippen molar-refractivity contribution >= 4 is 56.8 Å². The van der Waals surface area contributed by atoms with E-state index >= 15 is 0 Å². The van der Waals surface area contributed by atoms with E-state index in [1.165, 1.54) is 17.4 Å². The van der Waals surface area contributed by atoms with Crippen LogP contribution in [-0.4, -0.2) is 23.5 Å². The fourth-order valence-corrected chi connectivity index (χ4v) is 3.01. The predicted octanol–water partition coefficient (Wildman–Crippen LogP) is 4.14. The number of hydrogen-bond acceptors (Lipinski definition) is 5. The number of benzene rings is 2. The minimum Gasteiger partial charge on any atom is -0.452 e. The lowest BCUT2D eigenvalue weighted by molar-refractivity contribution is -0.142. The van der Waals surface area contributed by atoms with Crippen LogP contribution in [0.25, 0.3) is 16.3 Å². The van der Waals surface area contributed by atoms with Gasteiger partial charge in [-0.1, -0.05) is 23.7 Å². The van der Waals surface area contributed by atoms with Gasteiger partial charge >= 0.3 is 5.97 Å². The number of rotatable bonds is 5. The summed E-state index contributed by atoms with van der Waals surface area (Å²) in [6.45, 7) is -0.369. The number of hydrogen-bond donors (Lipinski definition) is 1. The maximum absolute atomic E-state index is 11.7. The molecule has 0 fully saturated rings. The molecule has 3 aromatic rings. The van der Waals surface area contributed by atoms with Crippen molar-refractivity contribution in [1.29, 1.82) is 0 Å². The Labute approximate surface area is 152 Å². The molecule has 1 N–H and O–H groups in total. The molecule has 126 valence electrons. The lowest BCUT2D eigenvalue weighted by Gasteiger charge is -2.05. The molecule has 0 radical (unpaired) electrons. The largest absolute Gasteiger partial charge is 0.452 e. The summed E-state index contributed by atoms with van der Waals surface area (Å²) in [7, 11) is 0. The Morgan fingerprint density at radius 3 is 2.68 bits per heavy atom. The van der Waals surface area contributed by atoms with Gasteiger partial charge in [0, 0.05) is 16.8 Å². The average Bonchev–Trinajstić information content (AvgIpc) is 3.03. The van der Waals surface area contributed by atoms with Crippen molar-refractivity contribution in [3.63, 3.8) is 0 Å². The average molecular weight is 373 g/mol. The van der Waals surface area contributed by atoms with Crippen LogP contribution in [0.15, 0.2) is 54.6 Å². The molecule has 1 heterocycles. The van der Waals surface area contributed by atoms with Gasteiger partial charge in [-0.05, 0) is 42.5 Å². The molecule has 0 unspecified atom stereocenters. The number of esters is 1. The molecular weight excluding hydrogens is 360 g/mol. The molecule has 0 aliphatic carbocycles. The first kappa shape index (κ1) is 17.1. The SMILES string of the molecule is O=C(COC(=O)/C=C/c1nc2ccccc2s1)Nc1ccc(Cl)cc1. The maximum Gasteiger partial charge on any atom is 0.331 e. The third-order valence-electron chi connectivity index (χ3n) is 3.15. The zero-order valence-corrected chi connectivity index (χ0v) is 14.5. The second kappa shape index (κ2) is 7.92. The summed E-state index contributed by atoms with van der Waals surface area (Å²) < 4.78 is 5.95. The maximum atomic E-state index is 11.7. The van der Waals surface area contributed by atoms with Gasteiger partial charge < -0.3 is 10.1 Å². The number of carbonyl (C=O) groups excluding carboxylic acids is 2. The topological polar surface area (TPSA) is 68.3 Å². The van der Waals surface area contributed by atoms with Gasteiger partial charge in [0.05, 0.1) is 10.2 Å². The van der Waals surface area contributed by atoms with E-state index in [1.807, 2.05) is 24.3 Å². The summed E-state index contributed by atoms with van der Waals surface area (Å²) in [5, 5.41) is 3.88. The Hall–Kier alpha value is -2.70. The summed E-state index contributed by atoms with van der Waals surface area (Å²) in [5.41, 5.74) is 1.46. The minimum absolute atomic E-state index is 0.369. The van der Waals surface area contributed by atoms with Crippen molar-refractivity contribution in [1.82, 2.24) is 4.98 Å². The Kier molecular flexibility index (Phi) is 5.42. The summed E-state index contributed by atoms with van der Waals surface area (Å²) in [5.74, 6) is -1.03. The number of aromatic nitrogens is 1. The summed E-state index contributed by atoms with van der Waals surface area (Å²) in [6.07, 6.45) is 2.83. The molecule has 5 nitrogen and oxygen atoms in total. The lowest BCUT2D eigenvalue weighted by Crippen LogP contribution is -2.20. The second-order valence-electron chi connectivity index (χ2n) is 5.02. The van der Waals surface area contributed by atoms with Crippen LogP contribution in [0.3, 0.4) is 0 Å². The first-order valence-corrected chi connectivity index (χ1v) is 8.55. The van der Waals surface area contributed by atoms with Crippen molar-refractivity contribution in [2.24, 2.45) is 0 Å². The van der Waals surface area contributed by atoms with E-state index in [2.05, 4.69) is 10.3 Å². The van der Waals surface area contributed by atoms with Crippen molar-refractivity contribution < 1.29 is 14.3 Å². The number of nitrogens with one attached hydrogen (secondary N) is 1. The van der Waals surface area contributed by atoms with Gasteiger partial charge in [0.25, 0.3) is 5.91 Å². The van der Waals surface area contributed by atoms with Crippen LogP contribution in [-0.2, 0) is 14.3 Å². The molecule has 0 bridgehead atoms. The van der Waals surface area contributed by atoms with Crippen molar-refractivity contribution in [2.45, 2.75) is 0 Å². The second-order valence-corrected chi connectivity index (χ2v) is 6.51. The van der Waals surface area contributed by atoms with Crippen LogP contribution < -0.4 is 5.32 Å². The number of thiazole rings is 1. The number of anilines is 1. The Bertz CT molecular complexity index is 902. The quantitative estimate of drug-likeness (QED) is 0.539. The molecule has 25 heavy (non-hydrogen) atoms. The van der Waals surface area contributed by atoms with Gasteiger partial charge in [-0.25, -0.2) is 9.78 Å². The summed E-state index contributed by atoms with van der Waals surface area (Å²) in [6, 6.07) is 14.3. The highest BCUT2D eigenvalue weighted by Gasteiger charge is 2.06. The van der Waals surface area contributed by atoms with Crippen LogP contribution in [0.4, 0.5) is 5.69 Å². The van der Waals surface area contributed by atoms with Crippen LogP contribution in [0.5, 0.6) is 0 Å². The molecule has 2 aromatic carbocycles. The van der Waals surface area contributed by atoms with E-state index in [1.54, 1.807) is 30.3 Å². The fourth-order valence-electron chi connectivity index (χ4n) is 2.02. The Balaban J connectivity index is 1.50. The lowest BCUT2D eigenvalue weighted by atomic mass is 10.3. The molecule has 0 saturated heterocycles. The molecule has 0 atom stereocenters. The predicted molar refractivity (Wildman–Crippen MR) is 99.7 cm³/mol. The van der Waals surface area contributed by atoms with Crippen LogP contribution in [0, 0.1) is 0 Å². The number of ether oxygens (including phenoxy) is 1. The summed E-state index contributed by atoms with van der Waals surface area (Å²) >= 11 is 7.24. The minimum atomic E-state index is -0.606. The molecule has 0 aliphatic rings. The number of carbonyl (C=O) groups is 2. The molecule has 0 saturated carbocycles. The smallest absolute Gasteiger partial charge is 0.331 e. The number of halogens is 1. The van der Waals surface area contributed by atoms with E-state index in [0.717, 1.165) is 10.2 Å². The molecule has 1 aromatic heterocycles. The van der Waals surface area contributed by atoms with Crippen LogP contribution >= 0.6 is 22.9 Å². The van der Waals surface area contributed by atoms with E-state index in [0.29, 0.717) is 15.7 Å². The molecular formula is C18H13ClN2O3S. The molecule has 1 amide bonds. The first-order chi connectivity index (χ1) is 12.1. The number of para-hydroxylation sites is 1. The summed E-state index contributed by atoms with van der Waals surface area (Å²) in [4.78, 5) is 27.8. The van der Waals surface area contributed by atoms with Gasteiger partial charge in [-0.2, -0.15) is 0 Å². The van der Waals surface area contributed by atoms with Gasteiger partial charge in [0.1, 0.15) is 5.01 Å². The van der Waals surface area contributed by atoms with Crippen LogP contribution in [0.1, 0.15) is 5.01 Å². The fraction of sp³-hybridized carbons (Fsp3) is 0.0556. The molecule has 0 spiro atoms.